The van der Waals surface area contributed by atoms with Crippen LogP contribution in [0.4, 0.5) is 0 Å². The van der Waals surface area contributed by atoms with Gasteiger partial charge in [0.05, 0.1) is 13.2 Å². The minimum atomic E-state index is 0.168. The molecule has 0 radical (unpaired) electrons. The Bertz CT molecular complexity index is 368. The lowest BCUT2D eigenvalue weighted by Gasteiger charge is -2.17. The lowest BCUT2D eigenvalue weighted by molar-refractivity contribution is 0.413. The Morgan fingerprint density at radius 3 is 2.88 bits per heavy atom. The highest BCUT2D eigenvalue weighted by Gasteiger charge is 2.07. The number of methoxy groups -OCH3 is 1. The number of nitrogens with one attached hydrogen (secondary N) is 2. The molecule has 0 saturated heterocycles. The van der Waals surface area contributed by atoms with Crippen LogP contribution in [0.3, 0.4) is 0 Å². The van der Waals surface area contributed by atoms with Crippen LogP contribution in [-0.2, 0) is 0 Å². The standard InChI is InChI=1S/C13H20N2OS/c1-4-8-14-13(17)15-10(2)11-6-5-7-12(9-11)16-3/h5-7,9-10H,4,8H2,1-3H3,(H2,14,15,17). The van der Waals surface area contributed by atoms with E-state index in [1.807, 2.05) is 18.2 Å². The molecule has 17 heavy (non-hydrogen) atoms. The molecule has 0 fully saturated rings. The summed E-state index contributed by atoms with van der Waals surface area (Å²) in [6.45, 7) is 5.09. The maximum Gasteiger partial charge on any atom is 0.166 e. The summed E-state index contributed by atoms with van der Waals surface area (Å²) in [6.07, 6.45) is 1.06. The zero-order valence-corrected chi connectivity index (χ0v) is 11.4. The van der Waals surface area contributed by atoms with Crippen LogP contribution in [0.1, 0.15) is 31.9 Å². The summed E-state index contributed by atoms with van der Waals surface area (Å²) in [5.74, 6) is 0.864. The first kappa shape index (κ1) is 13.8. The Morgan fingerprint density at radius 1 is 1.47 bits per heavy atom. The van der Waals surface area contributed by atoms with E-state index in [4.69, 9.17) is 17.0 Å². The van der Waals surface area contributed by atoms with Gasteiger partial charge in [0, 0.05) is 6.54 Å². The second-order valence-electron chi connectivity index (χ2n) is 3.90. The van der Waals surface area contributed by atoms with Crippen molar-refractivity contribution in [1.29, 1.82) is 0 Å². The summed E-state index contributed by atoms with van der Waals surface area (Å²) in [5, 5.41) is 7.09. The van der Waals surface area contributed by atoms with Crippen LogP contribution in [0.25, 0.3) is 0 Å². The Balaban J connectivity index is 2.56. The third-order valence-electron chi connectivity index (χ3n) is 2.48. The van der Waals surface area contributed by atoms with Crippen LogP contribution in [0.15, 0.2) is 24.3 Å². The second kappa shape index (κ2) is 7.12. The molecule has 0 aliphatic carbocycles. The van der Waals surface area contributed by atoms with Crippen LogP contribution in [0.5, 0.6) is 5.75 Å². The minimum Gasteiger partial charge on any atom is -0.497 e. The molecule has 1 unspecified atom stereocenters. The molecule has 3 nitrogen and oxygen atoms in total. The smallest absolute Gasteiger partial charge is 0.166 e. The quantitative estimate of drug-likeness (QED) is 0.789. The number of hydrogen-bond acceptors (Lipinski definition) is 2. The van der Waals surface area contributed by atoms with Crippen molar-refractivity contribution in [2.24, 2.45) is 0 Å². The normalized spacial score (nSPS) is 11.7. The number of benzene rings is 1. The molecule has 1 atom stereocenters. The summed E-state index contributed by atoms with van der Waals surface area (Å²) in [6, 6.07) is 8.16. The highest BCUT2D eigenvalue weighted by Crippen LogP contribution is 2.18. The van der Waals surface area contributed by atoms with E-state index < -0.39 is 0 Å². The number of hydrogen-bond donors (Lipinski definition) is 2. The van der Waals surface area contributed by atoms with Gasteiger partial charge in [-0.15, -0.1) is 0 Å². The Morgan fingerprint density at radius 2 is 2.24 bits per heavy atom. The molecule has 1 rings (SSSR count). The molecule has 0 bridgehead atoms. The molecule has 0 aromatic heterocycles. The third kappa shape index (κ3) is 4.61. The van der Waals surface area contributed by atoms with Gasteiger partial charge in [0.1, 0.15) is 5.75 Å². The van der Waals surface area contributed by atoms with Gasteiger partial charge in [0.2, 0.25) is 0 Å². The van der Waals surface area contributed by atoms with E-state index in [-0.39, 0.29) is 6.04 Å². The molecule has 94 valence electrons. The summed E-state index contributed by atoms with van der Waals surface area (Å²) in [5.41, 5.74) is 1.16. The Hall–Kier alpha value is -1.29. The van der Waals surface area contributed by atoms with Gasteiger partial charge in [0.15, 0.2) is 5.11 Å². The molecule has 0 spiro atoms. The lowest BCUT2D eigenvalue weighted by Crippen LogP contribution is -2.37. The predicted molar refractivity (Wildman–Crippen MR) is 75.4 cm³/mol. The first-order chi connectivity index (χ1) is 8.17. The van der Waals surface area contributed by atoms with Gasteiger partial charge in [-0.1, -0.05) is 19.1 Å². The monoisotopic (exact) mass is 252 g/mol. The van der Waals surface area contributed by atoms with Crippen LogP contribution in [-0.4, -0.2) is 18.8 Å². The zero-order valence-electron chi connectivity index (χ0n) is 10.6. The molecule has 2 N–H and O–H groups in total. The molecular formula is C13H20N2OS. The highest BCUT2D eigenvalue weighted by atomic mass is 32.1. The number of ether oxygens (including phenoxy) is 1. The average molecular weight is 252 g/mol. The van der Waals surface area contributed by atoms with Crippen molar-refractivity contribution < 1.29 is 4.74 Å². The van der Waals surface area contributed by atoms with Crippen LogP contribution in [0, 0.1) is 0 Å². The fraction of sp³-hybridized carbons (Fsp3) is 0.462. The molecule has 0 amide bonds. The maximum atomic E-state index is 5.20. The Kier molecular flexibility index (Phi) is 5.77. The van der Waals surface area contributed by atoms with E-state index in [2.05, 4.69) is 30.5 Å². The summed E-state index contributed by atoms with van der Waals surface area (Å²) in [7, 11) is 1.67. The van der Waals surface area contributed by atoms with Crippen LogP contribution in [0.2, 0.25) is 0 Å². The number of rotatable bonds is 5. The van der Waals surface area contributed by atoms with Crippen molar-refractivity contribution in [3.63, 3.8) is 0 Å². The fourth-order valence-corrected chi connectivity index (χ4v) is 1.76. The molecule has 0 heterocycles. The van der Waals surface area contributed by atoms with Gasteiger partial charge >= 0.3 is 0 Å². The van der Waals surface area contributed by atoms with E-state index in [0.29, 0.717) is 5.11 Å². The molecule has 0 aliphatic rings. The van der Waals surface area contributed by atoms with E-state index in [0.717, 1.165) is 24.3 Å². The zero-order chi connectivity index (χ0) is 12.7. The van der Waals surface area contributed by atoms with E-state index in [1.165, 1.54) is 0 Å². The van der Waals surface area contributed by atoms with Crippen molar-refractivity contribution >= 4 is 17.3 Å². The van der Waals surface area contributed by atoms with Crippen LogP contribution < -0.4 is 15.4 Å². The van der Waals surface area contributed by atoms with Gasteiger partial charge in [-0.25, -0.2) is 0 Å². The SMILES string of the molecule is CCCNC(=S)NC(C)c1cccc(OC)c1. The minimum absolute atomic E-state index is 0.168. The molecule has 0 saturated carbocycles. The largest absolute Gasteiger partial charge is 0.497 e. The third-order valence-corrected chi connectivity index (χ3v) is 2.74. The van der Waals surface area contributed by atoms with Crippen LogP contribution >= 0.6 is 12.2 Å². The average Bonchev–Trinajstić information content (AvgIpc) is 2.36. The second-order valence-corrected chi connectivity index (χ2v) is 4.31. The van der Waals surface area contributed by atoms with Crippen molar-refractivity contribution in [1.82, 2.24) is 10.6 Å². The van der Waals surface area contributed by atoms with Crippen molar-refractivity contribution in [2.75, 3.05) is 13.7 Å². The number of thiocarbonyl (C=S) groups is 1. The molecule has 1 aromatic rings. The lowest BCUT2D eigenvalue weighted by atomic mass is 10.1. The Labute approximate surface area is 109 Å². The van der Waals surface area contributed by atoms with E-state index >= 15 is 0 Å². The first-order valence-corrected chi connectivity index (χ1v) is 6.26. The van der Waals surface area contributed by atoms with Gasteiger partial charge in [-0.2, -0.15) is 0 Å². The van der Waals surface area contributed by atoms with Gasteiger partial charge in [-0.05, 0) is 43.3 Å². The molecule has 4 heteroatoms. The molecule has 1 aromatic carbocycles. The molecule has 0 aliphatic heterocycles. The van der Waals surface area contributed by atoms with Gasteiger partial charge < -0.3 is 15.4 Å². The van der Waals surface area contributed by atoms with Gasteiger partial charge in [-0.3, -0.25) is 0 Å². The van der Waals surface area contributed by atoms with E-state index in [1.54, 1.807) is 7.11 Å². The highest BCUT2D eigenvalue weighted by molar-refractivity contribution is 7.80. The predicted octanol–water partition coefficient (Wildman–Crippen LogP) is 2.63. The van der Waals surface area contributed by atoms with Crippen molar-refractivity contribution in [3.05, 3.63) is 29.8 Å². The summed E-state index contributed by atoms with van der Waals surface area (Å²) in [4.78, 5) is 0. The molecular weight excluding hydrogens is 232 g/mol. The first-order valence-electron chi connectivity index (χ1n) is 5.85. The van der Waals surface area contributed by atoms with Crippen molar-refractivity contribution in [2.45, 2.75) is 26.3 Å². The summed E-state index contributed by atoms with van der Waals surface area (Å²) >= 11 is 5.20. The van der Waals surface area contributed by atoms with E-state index in [9.17, 15) is 0 Å². The summed E-state index contributed by atoms with van der Waals surface area (Å²) < 4.78 is 5.20. The maximum absolute atomic E-state index is 5.20. The van der Waals surface area contributed by atoms with Crippen molar-refractivity contribution in [3.8, 4) is 5.75 Å². The fourth-order valence-electron chi connectivity index (χ4n) is 1.48. The topological polar surface area (TPSA) is 33.3 Å². The van der Waals surface area contributed by atoms with Gasteiger partial charge in [0.25, 0.3) is 0 Å².